The number of carbonyl (C=O) groups is 1. The van der Waals surface area contributed by atoms with E-state index in [1.165, 1.54) is 0 Å². The molecule has 0 saturated heterocycles. The molecule has 4 unspecified atom stereocenters. The molecule has 0 amide bonds. The van der Waals surface area contributed by atoms with Crippen LogP contribution in [-0.2, 0) is 9.53 Å². The molecule has 0 spiro atoms. The summed E-state index contributed by atoms with van der Waals surface area (Å²) in [6.45, 7) is 4.28. The van der Waals surface area contributed by atoms with E-state index in [-0.39, 0.29) is 17.9 Å². The standard InChI is InChI=1S/C15H18F6O3/c1-7(2)12(22)24-11(10-6-8-3-4-9(10)5-8)13(23,14(16,17)18)15(19,20)21/h8-11,23H,1,3-6H2,2H3. The molecular weight excluding hydrogens is 342 g/mol. The number of halogens is 6. The van der Waals surface area contributed by atoms with E-state index in [0.717, 1.165) is 13.3 Å². The van der Waals surface area contributed by atoms with E-state index >= 15 is 0 Å². The minimum Gasteiger partial charge on any atom is -0.455 e. The molecule has 2 rings (SSSR count). The normalized spacial score (nSPS) is 28.8. The van der Waals surface area contributed by atoms with Crippen LogP contribution < -0.4 is 0 Å². The summed E-state index contributed by atoms with van der Waals surface area (Å²) in [6.07, 6.45) is -13.1. The zero-order chi connectivity index (χ0) is 18.5. The van der Waals surface area contributed by atoms with Crippen molar-refractivity contribution in [3.05, 3.63) is 12.2 Å². The molecule has 2 bridgehead atoms. The lowest BCUT2D eigenvalue weighted by Crippen LogP contribution is -2.67. The molecule has 4 atom stereocenters. The van der Waals surface area contributed by atoms with Crippen molar-refractivity contribution in [1.29, 1.82) is 0 Å². The number of carbonyl (C=O) groups excluding carboxylic acids is 1. The second-order valence-electron chi connectivity index (χ2n) is 6.71. The van der Waals surface area contributed by atoms with E-state index in [1.807, 2.05) is 0 Å². The van der Waals surface area contributed by atoms with E-state index in [0.29, 0.717) is 12.8 Å². The maximum absolute atomic E-state index is 13.2. The molecule has 2 saturated carbocycles. The zero-order valence-electron chi connectivity index (χ0n) is 12.9. The van der Waals surface area contributed by atoms with Gasteiger partial charge in [-0.3, -0.25) is 0 Å². The maximum Gasteiger partial charge on any atom is 0.430 e. The van der Waals surface area contributed by atoms with E-state index in [2.05, 4.69) is 11.3 Å². The molecule has 0 heterocycles. The molecule has 0 aromatic heterocycles. The number of ether oxygens (including phenoxy) is 1. The predicted octanol–water partition coefficient (Wildman–Crippen LogP) is 3.77. The summed E-state index contributed by atoms with van der Waals surface area (Å²) in [5.41, 5.74) is -5.45. The first kappa shape index (κ1) is 19.1. The van der Waals surface area contributed by atoms with Crippen molar-refractivity contribution in [2.45, 2.75) is 56.7 Å². The van der Waals surface area contributed by atoms with Gasteiger partial charge in [-0.25, -0.2) is 4.79 Å². The van der Waals surface area contributed by atoms with Crippen molar-refractivity contribution >= 4 is 5.97 Å². The largest absolute Gasteiger partial charge is 0.455 e. The Morgan fingerprint density at radius 2 is 1.67 bits per heavy atom. The van der Waals surface area contributed by atoms with Gasteiger partial charge in [-0.2, -0.15) is 26.3 Å². The highest BCUT2D eigenvalue weighted by atomic mass is 19.4. The minimum absolute atomic E-state index is 0.00301. The quantitative estimate of drug-likeness (QED) is 0.472. The summed E-state index contributed by atoms with van der Waals surface area (Å²) in [4.78, 5) is 11.6. The van der Waals surface area contributed by atoms with Gasteiger partial charge in [-0.15, -0.1) is 0 Å². The highest BCUT2D eigenvalue weighted by Gasteiger charge is 2.77. The molecule has 138 valence electrons. The number of aliphatic hydroxyl groups is 1. The molecule has 3 nitrogen and oxygen atoms in total. The van der Waals surface area contributed by atoms with Crippen LogP contribution in [0.25, 0.3) is 0 Å². The van der Waals surface area contributed by atoms with Crippen molar-refractivity contribution < 1.29 is 41.0 Å². The van der Waals surface area contributed by atoms with Crippen molar-refractivity contribution in [2.24, 2.45) is 17.8 Å². The minimum atomic E-state index is -6.03. The first-order valence-electron chi connectivity index (χ1n) is 7.51. The summed E-state index contributed by atoms with van der Waals surface area (Å²) >= 11 is 0. The number of rotatable bonds is 4. The van der Waals surface area contributed by atoms with Crippen LogP contribution in [-0.4, -0.2) is 35.1 Å². The number of alkyl halides is 6. The molecular formula is C15H18F6O3. The Balaban J connectivity index is 2.46. The van der Waals surface area contributed by atoms with Gasteiger partial charge in [0, 0.05) is 11.5 Å². The summed E-state index contributed by atoms with van der Waals surface area (Å²) in [5, 5.41) is 9.71. The highest BCUT2D eigenvalue weighted by Crippen LogP contribution is 2.56. The summed E-state index contributed by atoms with van der Waals surface area (Å²) in [5.74, 6) is -3.01. The molecule has 1 N–H and O–H groups in total. The van der Waals surface area contributed by atoms with Crippen molar-refractivity contribution in [2.75, 3.05) is 0 Å². The van der Waals surface area contributed by atoms with Gasteiger partial charge >= 0.3 is 18.3 Å². The van der Waals surface area contributed by atoms with E-state index < -0.39 is 41.9 Å². The Morgan fingerprint density at radius 1 is 1.12 bits per heavy atom. The fourth-order valence-corrected chi connectivity index (χ4v) is 3.85. The van der Waals surface area contributed by atoms with Gasteiger partial charge in [-0.1, -0.05) is 13.0 Å². The Bertz CT molecular complexity index is 510. The van der Waals surface area contributed by atoms with Crippen molar-refractivity contribution in [3.63, 3.8) is 0 Å². The monoisotopic (exact) mass is 360 g/mol. The Hall–Kier alpha value is -1.25. The average molecular weight is 360 g/mol. The fourth-order valence-electron chi connectivity index (χ4n) is 3.85. The van der Waals surface area contributed by atoms with Crippen LogP contribution in [0.3, 0.4) is 0 Å². The first-order chi connectivity index (χ1) is 10.8. The van der Waals surface area contributed by atoms with E-state index in [4.69, 9.17) is 0 Å². The third-order valence-electron chi connectivity index (χ3n) is 5.04. The van der Waals surface area contributed by atoms with Crippen LogP contribution in [0.2, 0.25) is 0 Å². The second kappa shape index (κ2) is 5.93. The Labute approximate surface area is 134 Å². The Kier molecular flexibility index (Phi) is 4.71. The lowest BCUT2D eigenvalue weighted by molar-refractivity contribution is -0.396. The summed E-state index contributed by atoms with van der Waals surface area (Å²) < 4.78 is 83.8. The van der Waals surface area contributed by atoms with Crippen LogP contribution in [0, 0.1) is 17.8 Å². The van der Waals surface area contributed by atoms with Crippen LogP contribution in [0.5, 0.6) is 0 Å². The number of fused-ring (bicyclic) bond motifs is 2. The SMILES string of the molecule is C=C(C)C(=O)OC(C1CC2CCC1C2)C(O)(C(F)(F)F)C(F)(F)F. The van der Waals surface area contributed by atoms with Crippen LogP contribution >= 0.6 is 0 Å². The lowest BCUT2D eigenvalue weighted by atomic mass is 9.76. The molecule has 2 fully saturated rings. The van der Waals surface area contributed by atoms with Crippen LogP contribution in [0.15, 0.2) is 12.2 Å². The van der Waals surface area contributed by atoms with Crippen molar-refractivity contribution in [3.8, 4) is 0 Å². The van der Waals surface area contributed by atoms with Gasteiger partial charge in [0.25, 0.3) is 5.60 Å². The van der Waals surface area contributed by atoms with Gasteiger partial charge in [0.15, 0.2) is 6.10 Å². The second-order valence-corrected chi connectivity index (χ2v) is 6.71. The lowest BCUT2D eigenvalue weighted by Gasteiger charge is -2.42. The molecule has 0 aliphatic heterocycles. The predicted molar refractivity (Wildman–Crippen MR) is 70.7 cm³/mol. The number of hydrogen-bond donors (Lipinski definition) is 1. The van der Waals surface area contributed by atoms with Crippen LogP contribution in [0.1, 0.15) is 32.6 Å². The van der Waals surface area contributed by atoms with Gasteiger partial charge in [-0.05, 0) is 38.0 Å². The van der Waals surface area contributed by atoms with Gasteiger partial charge in [0.2, 0.25) is 0 Å². The number of hydrogen-bond acceptors (Lipinski definition) is 3. The first-order valence-corrected chi connectivity index (χ1v) is 7.51. The zero-order valence-corrected chi connectivity index (χ0v) is 12.9. The van der Waals surface area contributed by atoms with Gasteiger partial charge in [0.1, 0.15) is 0 Å². The molecule has 0 aromatic carbocycles. The molecule has 24 heavy (non-hydrogen) atoms. The summed E-state index contributed by atoms with van der Waals surface area (Å²) in [6, 6.07) is 0. The topological polar surface area (TPSA) is 46.5 Å². The molecule has 9 heteroatoms. The van der Waals surface area contributed by atoms with E-state index in [9.17, 15) is 36.2 Å². The van der Waals surface area contributed by atoms with E-state index in [1.54, 1.807) is 0 Å². The maximum atomic E-state index is 13.2. The molecule has 2 aliphatic carbocycles. The smallest absolute Gasteiger partial charge is 0.430 e. The van der Waals surface area contributed by atoms with Crippen molar-refractivity contribution in [1.82, 2.24) is 0 Å². The molecule has 0 aromatic rings. The molecule has 2 aliphatic rings. The third-order valence-corrected chi connectivity index (χ3v) is 5.04. The molecule has 0 radical (unpaired) electrons. The highest BCUT2D eigenvalue weighted by molar-refractivity contribution is 5.87. The van der Waals surface area contributed by atoms with Gasteiger partial charge in [0.05, 0.1) is 0 Å². The van der Waals surface area contributed by atoms with Gasteiger partial charge < -0.3 is 9.84 Å². The number of esters is 1. The Morgan fingerprint density at radius 3 is 2.00 bits per heavy atom. The van der Waals surface area contributed by atoms with Crippen LogP contribution in [0.4, 0.5) is 26.3 Å². The summed E-state index contributed by atoms with van der Waals surface area (Å²) in [7, 11) is 0. The third kappa shape index (κ3) is 3.02. The average Bonchev–Trinajstić information content (AvgIpc) is 3.03. The fraction of sp³-hybridized carbons (Fsp3) is 0.800.